The molecule has 0 aliphatic carbocycles. The molecule has 0 fully saturated rings. The van der Waals surface area contributed by atoms with E-state index >= 15 is 0 Å². The number of benzene rings is 1. The number of nitrogens with zero attached hydrogens (tertiary/aromatic N) is 4. The van der Waals surface area contributed by atoms with Crippen LogP contribution in [0.3, 0.4) is 0 Å². The zero-order valence-corrected chi connectivity index (χ0v) is 16.9. The van der Waals surface area contributed by atoms with Crippen LogP contribution in [0.1, 0.15) is 23.1 Å². The number of carbonyl (C=O) groups is 1. The van der Waals surface area contributed by atoms with Crippen LogP contribution in [0.15, 0.2) is 29.1 Å². The molecule has 0 saturated heterocycles. The van der Waals surface area contributed by atoms with Crippen LogP contribution in [0.25, 0.3) is 0 Å². The number of likely N-dealkylation sites (N-methyl/N-ethyl adjacent to an activating group) is 2. The zero-order valence-electron chi connectivity index (χ0n) is 16.9. The number of aromatic nitrogens is 2. The number of fused-ring (bicyclic) bond motifs is 1. The van der Waals surface area contributed by atoms with Gasteiger partial charge >= 0.3 is 0 Å². The summed E-state index contributed by atoms with van der Waals surface area (Å²) in [6.45, 7) is 1.98. The third kappa shape index (κ3) is 4.80. The minimum atomic E-state index is -0.520. The molecule has 1 aliphatic rings. The number of amides is 1. The molecule has 3 rings (SSSR count). The average Bonchev–Trinajstić information content (AvgIpc) is 2.67. The van der Waals surface area contributed by atoms with Crippen molar-refractivity contribution in [3.8, 4) is 5.75 Å². The fraction of sp³-hybridized carbons (Fsp3) is 0.450. The Labute approximate surface area is 168 Å². The van der Waals surface area contributed by atoms with Gasteiger partial charge in [0, 0.05) is 26.2 Å². The van der Waals surface area contributed by atoms with Crippen molar-refractivity contribution in [1.82, 2.24) is 24.7 Å². The van der Waals surface area contributed by atoms with Crippen molar-refractivity contribution in [1.29, 1.82) is 0 Å². The summed E-state index contributed by atoms with van der Waals surface area (Å²) in [5.74, 6) is -0.661. The molecule has 0 radical (unpaired) electrons. The highest BCUT2D eigenvalue weighted by Crippen LogP contribution is 2.24. The minimum Gasteiger partial charge on any atom is -0.502 e. The predicted octanol–water partition coefficient (Wildman–Crippen LogP) is 0.495. The Morgan fingerprint density at radius 3 is 2.66 bits per heavy atom. The van der Waals surface area contributed by atoms with Gasteiger partial charge in [0.05, 0.1) is 18.2 Å². The van der Waals surface area contributed by atoms with Gasteiger partial charge in [-0.25, -0.2) is 9.37 Å². The number of hydrogen-bond donors (Lipinski definition) is 2. The third-order valence-electron chi connectivity index (χ3n) is 5.02. The van der Waals surface area contributed by atoms with E-state index in [1.807, 2.05) is 26.0 Å². The molecular formula is C20H26FN5O3. The molecule has 1 aromatic carbocycles. The second-order valence-electron chi connectivity index (χ2n) is 7.56. The normalized spacial score (nSPS) is 16.7. The van der Waals surface area contributed by atoms with Gasteiger partial charge < -0.3 is 15.3 Å². The number of halogens is 1. The lowest BCUT2D eigenvalue weighted by Crippen LogP contribution is -2.45. The van der Waals surface area contributed by atoms with E-state index in [2.05, 4.69) is 15.2 Å². The van der Waals surface area contributed by atoms with Crippen molar-refractivity contribution in [3.05, 3.63) is 57.5 Å². The molecule has 0 bridgehead atoms. The molecule has 1 amide bonds. The van der Waals surface area contributed by atoms with Crippen LogP contribution >= 0.6 is 0 Å². The Bertz CT molecular complexity index is 942. The van der Waals surface area contributed by atoms with Crippen LogP contribution < -0.4 is 10.9 Å². The van der Waals surface area contributed by atoms with E-state index in [4.69, 9.17) is 0 Å². The summed E-state index contributed by atoms with van der Waals surface area (Å²) >= 11 is 0. The van der Waals surface area contributed by atoms with E-state index in [9.17, 15) is 19.1 Å². The first kappa shape index (κ1) is 20.9. The fourth-order valence-corrected chi connectivity index (χ4v) is 3.40. The summed E-state index contributed by atoms with van der Waals surface area (Å²) in [7, 11) is 5.84. The second-order valence-corrected chi connectivity index (χ2v) is 7.56. The lowest BCUT2D eigenvalue weighted by Gasteiger charge is -2.36. The molecule has 156 valence electrons. The monoisotopic (exact) mass is 403 g/mol. The fourth-order valence-electron chi connectivity index (χ4n) is 3.40. The summed E-state index contributed by atoms with van der Waals surface area (Å²) < 4.78 is 14.5. The van der Waals surface area contributed by atoms with Crippen molar-refractivity contribution in [3.63, 3.8) is 0 Å². The zero-order chi connectivity index (χ0) is 21.1. The predicted molar refractivity (Wildman–Crippen MR) is 106 cm³/mol. The highest BCUT2D eigenvalue weighted by atomic mass is 19.1. The maximum atomic E-state index is 13.0. The number of aromatic hydroxyl groups is 1. The maximum absolute atomic E-state index is 13.0. The lowest BCUT2D eigenvalue weighted by atomic mass is 10.1. The van der Waals surface area contributed by atoms with Crippen molar-refractivity contribution < 1.29 is 14.3 Å². The first-order chi connectivity index (χ1) is 13.8. The SMILES string of the molecule is CN(C)CC1c2nc(CC(=O)NCc3ccc(F)cc3)c(O)c(=O)n2CCN1C. The number of carbonyl (C=O) groups excluding carboxylic acids is 1. The van der Waals surface area contributed by atoms with Crippen LogP contribution in [0.2, 0.25) is 0 Å². The summed E-state index contributed by atoms with van der Waals surface area (Å²) in [4.78, 5) is 33.6. The topological polar surface area (TPSA) is 90.7 Å². The van der Waals surface area contributed by atoms with Crippen molar-refractivity contribution >= 4 is 5.91 Å². The van der Waals surface area contributed by atoms with Crippen LogP contribution in [-0.2, 0) is 24.3 Å². The highest BCUT2D eigenvalue weighted by Gasteiger charge is 2.30. The van der Waals surface area contributed by atoms with Gasteiger partial charge in [-0.05, 0) is 38.8 Å². The van der Waals surface area contributed by atoms with E-state index < -0.39 is 11.3 Å². The van der Waals surface area contributed by atoms with Gasteiger partial charge in [-0.2, -0.15) is 0 Å². The largest absolute Gasteiger partial charge is 0.502 e. The molecule has 2 N–H and O–H groups in total. The standard InChI is InChI=1S/C20H26FN5O3/c1-24(2)12-16-19-23-15(18(28)20(29)26(19)9-8-25(16)3)10-17(27)22-11-13-4-6-14(21)7-5-13/h4-7,16,28H,8-12H2,1-3H3,(H,22,27). The molecule has 1 aliphatic heterocycles. The van der Waals surface area contributed by atoms with Crippen molar-refractivity contribution in [2.24, 2.45) is 0 Å². The van der Waals surface area contributed by atoms with E-state index in [0.717, 1.165) is 5.56 Å². The van der Waals surface area contributed by atoms with Gasteiger partial charge in [-0.1, -0.05) is 12.1 Å². The molecule has 0 saturated carbocycles. The van der Waals surface area contributed by atoms with Crippen molar-refractivity contribution in [2.45, 2.75) is 25.6 Å². The Balaban J connectivity index is 1.79. The van der Waals surface area contributed by atoms with Gasteiger partial charge in [0.1, 0.15) is 11.6 Å². The van der Waals surface area contributed by atoms with Crippen LogP contribution in [-0.4, -0.2) is 64.6 Å². The van der Waals surface area contributed by atoms with E-state index in [-0.39, 0.29) is 36.4 Å². The smallest absolute Gasteiger partial charge is 0.296 e. The summed E-state index contributed by atoms with van der Waals surface area (Å²) in [6, 6.07) is 5.69. The first-order valence-electron chi connectivity index (χ1n) is 9.45. The summed E-state index contributed by atoms with van der Waals surface area (Å²) in [5.41, 5.74) is 0.292. The number of hydrogen-bond acceptors (Lipinski definition) is 6. The van der Waals surface area contributed by atoms with Crippen LogP contribution in [0, 0.1) is 5.82 Å². The molecule has 2 aromatic rings. The minimum absolute atomic E-state index is 0.0666. The average molecular weight is 403 g/mol. The van der Waals surface area contributed by atoms with Gasteiger partial charge in [0.2, 0.25) is 11.7 Å². The summed E-state index contributed by atoms with van der Waals surface area (Å²) in [5, 5.41) is 13.0. The van der Waals surface area contributed by atoms with Gasteiger partial charge in [-0.3, -0.25) is 19.1 Å². The van der Waals surface area contributed by atoms with Crippen LogP contribution in [0.4, 0.5) is 4.39 Å². The number of rotatable bonds is 6. The van der Waals surface area contributed by atoms with Gasteiger partial charge in [-0.15, -0.1) is 0 Å². The Morgan fingerprint density at radius 1 is 1.31 bits per heavy atom. The molecule has 1 unspecified atom stereocenters. The Morgan fingerprint density at radius 2 is 2.00 bits per heavy atom. The maximum Gasteiger partial charge on any atom is 0.296 e. The Hall–Kier alpha value is -2.78. The molecule has 29 heavy (non-hydrogen) atoms. The molecule has 2 heterocycles. The molecule has 1 atom stereocenters. The molecule has 0 spiro atoms. The van der Waals surface area contributed by atoms with E-state index in [1.54, 1.807) is 12.1 Å². The van der Waals surface area contributed by atoms with E-state index in [1.165, 1.54) is 16.7 Å². The van der Waals surface area contributed by atoms with Gasteiger partial charge in [0.15, 0.2) is 0 Å². The molecular weight excluding hydrogens is 377 g/mol. The quantitative estimate of drug-likeness (QED) is 0.730. The third-order valence-corrected chi connectivity index (χ3v) is 5.02. The van der Waals surface area contributed by atoms with E-state index in [0.29, 0.717) is 25.5 Å². The summed E-state index contributed by atoms with van der Waals surface area (Å²) in [6.07, 6.45) is -0.214. The lowest BCUT2D eigenvalue weighted by molar-refractivity contribution is -0.120. The highest BCUT2D eigenvalue weighted by molar-refractivity contribution is 5.78. The van der Waals surface area contributed by atoms with Crippen LogP contribution in [0.5, 0.6) is 5.75 Å². The Kier molecular flexibility index (Phi) is 6.29. The van der Waals surface area contributed by atoms with Crippen molar-refractivity contribution in [2.75, 3.05) is 34.2 Å². The van der Waals surface area contributed by atoms with Gasteiger partial charge in [0.25, 0.3) is 5.56 Å². The second kappa shape index (κ2) is 8.71. The first-order valence-corrected chi connectivity index (χ1v) is 9.45. The molecule has 9 heteroatoms. The number of nitrogens with one attached hydrogen (secondary N) is 1. The molecule has 1 aromatic heterocycles. The molecule has 8 nitrogen and oxygen atoms in total.